The van der Waals surface area contributed by atoms with E-state index in [4.69, 9.17) is 9.47 Å². The molecule has 0 fully saturated rings. The fourth-order valence-corrected chi connectivity index (χ4v) is 4.70. The van der Waals surface area contributed by atoms with Crippen LogP contribution in [0.1, 0.15) is 57.6 Å². The molecule has 3 heterocycles. The lowest BCUT2D eigenvalue weighted by Crippen LogP contribution is -2.44. The van der Waals surface area contributed by atoms with Crippen molar-refractivity contribution in [2.75, 3.05) is 23.0 Å². The molecule has 0 saturated heterocycles. The number of carbonyl (C=O) groups excluding carboxylic acids is 3. The molecule has 4 rings (SSSR count). The third-order valence-electron chi connectivity index (χ3n) is 5.65. The third-order valence-corrected chi connectivity index (χ3v) is 6.47. The van der Waals surface area contributed by atoms with Gasteiger partial charge < -0.3 is 25.1 Å². The average Bonchev–Trinajstić information content (AvgIpc) is 3.22. The van der Waals surface area contributed by atoms with Crippen molar-refractivity contribution in [2.45, 2.75) is 64.1 Å². The first-order valence-electron chi connectivity index (χ1n) is 12.9. The van der Waals surface area contributed by atoms with Crippen molar-refractivity contribution in [3.8, 4) is 11.4 Å². The van der Waals surface area contributed by atoms with E-state index >= 15 is 0 Å². The molecule has 11 nitrogen and oxygen atoms in total. The Kier molecular flexibility index (Phi) is 8.29. The van der Waals surface area contributed by atoms with Crippen LogP contribution in [0.3, 0.4) is 0 Å². The Bertz CT molecular complexity index is 1470. The molecule has 3 aromatic rings. The molecular weight excluding hydrogens is 551 g/mol. The van der Waals surface area contributed by atoms with Gasteiger partial charge in [0, 0.05) is 24.9 Å². The number of hydrogen-bond acceptors (Lipinski definition) is 9. The van der Waals surface area contributed by atoms with E-state index in [1.807, 2.05) is 0 Å². The summed E-state index contributed by atoms with van der Waals surface area (Å²) in [5.41, 5.74) is 0.652. The van der Waals surface area contributed by atoms with Gasteiger partial charge in [-0.25, -0.2) is 23.9 Å². The zero-order valence-corrected chi connectivity index (χ0v) is 24.8. The lowest BCUT2D eigenvalue weighted by atomic mass is 10.1. The molecular formula is C28H33FN6O5S. The van der Waals surface area contributed by atoms with E-state index in [9.17, 15) is 18.8 Å². The number of thioether (sulfide) groups is 1. The highest BCUT2D eigenvalue weighted by atomic mass is 32.2. The van der Waals surface area contributed by atoms with Crippen molar-refractivity contribution in [1.82, 2.24) is 20.3 Å². The Labute approximate surface area is 241 Å². The number of nitrogens with one attached hydrogen (secondary N) is 3. The zero-order valence-electron chi connectivity index (χ0n) is 24.0. The van der Waals surface area contributed by atoms with E-state index in [0.29, 0.717) is 51.1 Å². The summed E-state index contributed by atoms with van der Waals surface area (Å²) in [6, 6.07) is 6.19. The van der Waals surface area contributed by atoms with Crippen LogP contribution in [0.5, 0.6) is 0 Å². The van der Waals surface area contributed by atoms with Gasteiger partial charge in [0.1, 0.15) is 17.0 Å². The monoisotopic (exact) mass is 584 g/mol. The molecule has 0 saturated carbocycles. The second kappa shape index (κ2) is 11.4. The number of anilines is 3. The molecule has 3 amide bonds. The summed E-state index contributed by atoms with van der Waals surface area (Å²) < 4.78 is 25.5. The maximum Gasteiger partial charge on any atom is 0.427 e. The Morgan fingerprint density at radius 1 is 1.07 bits per heavy atom. The molecule has 3 N–H and O–H groups in total. The number of halogens is 1. The number of ether oxygens (including phenoxy) is 2. The number of rotatable bonds is 5. The van der Waals surface area contributed by atoms with Gasteiger partial charge in [-0.1, -0.05) is 6.07 Å². The van der Waals surface area contributed by atoms with Crippen molar-refractivity contribution in [3.63, 3.8) is 0 Å². The topological polar surface area (TPSA) is 139 Å². The standard InChI is InChI=1S/C28H33FN6O5S/c1-27(2,3)39-25(37)35(26(38)40-28(4,5)6)24-31-14-12-17(34-24)20-21(19-16(32-20)11-13-30-23(19)36)33-18-10-8-9-15(29)22(18)41-7/h8-10,12,14,32-33H,11,13H2,1-7H3,(H,30,36). The van der Waals surface area contributed by atoms with Crippen molar-refractivity contribution in [1.29, 1.82) is 0 Å². The fraction of sp³-hybridized carbons (Fsp3) is 0.393. The molecule has 0 bridgehead atoms. The molecule has 1 aromatic carbocycles. The van der Waals surface area contributed by atoms with Crippen LogP contribution < -0.4 is 15.5 Å². The van der Waals surface area contributed by atoms with E-state index in [-0.39, 0.29) is 17.5 Å². The second-order valence-corrected chi connectivity index (χ2v) is 12.0. The van der Waals surface area contributed by atoms with E-state index < -0.39 is 29.2 Å². The molecule has 218 valence electrons. The molecule has 0 spiro atoms. The summed E-state index contributed by atoms with van der Waals surface area (Å²) in [5, 5.41) is 6.05. The first kappa shape index (κ1) is 29.8. The Balaban J connectivity index is 1.84. The SMILES string of the molecule is CSc1c(F)cccc1Nc1c(-c2ccnc(N(C(=O)OC(C)(C)C)C(=O)OC(C)(C)C)n2)[nH]c2c1C(=O)NCC2. The molecule has 1 aliphatic heterocycles. The molecule has 41 heavy (non-hydrogen) atoms. The van der Waals surface area contributed by atoms with Gasteiger partial charge in [-0.3, -0.25) is 4.79 Å². The molecule has 0 unspecified atom stereocenters. The lowest BCUT2D eigenvalue weighted by Gasteiger charge is -2.27. The maximum atomic E-state index is 14.6. The smallest absolute Gasteiger partial charge is 0.427 e. The van der Waals surface area contributed by atoms with Crippen molar-refractivity contribution in [3.05, 3.63) is 47.5 Å². The minimum atomic E-state index is -1.02. The second-order valence-electron chi connectivity index (χ2n) is 11.2. The van der Waals surface area contributed by atoms with Crippen LogP contribution in [0.15, 0.2) is 35.4 Å². The predicted octanol–water partition coefficient (Wildman–Crippen LogP) is 6.04. The highest BCUT2D eigenvalue weighted by Crippen LogP contribution is 2.39. The van der Waals surface area contributed by atoms with E-state index in [1.165, 1.54) is 24.0 Å². The number of imide groups is 1. The summed E-state index contributed by atoms with van der Waals surface area (Å²) in [6.07, 6.45) is 1.61. The first-order valence-corrected chi connectivity index (χ1v) is 14.1. The number of benzene rings is 1. The fourth-order valence-electron chi connectivity index (χ4n) is 4.09. The molecule has 2 aromatic heterocycles. The van der Waals surface area contributed by atoms with Crippen LogP contribution in [0.4, 0.5) is 31.3 Å². The van der Waals surface area contributed by atoms with Gasteiger partial charge in [-0.15, -0.1) is 16.7 Å². The molecule has 1 aliphatic rings. The number of H-pyrrole nitrogens is 1. The Hall–Kier alpha value is -4.13. The van der Waals surface area contributed by atoms with E-state index in [1.54, 1.807) is 66.0 Å². The van der Waals surface area contributed by atoms with E-state index in [2.05, 4.69) is 25.6 Å². The number of hydrogen-bond donors (Lipinski definition) is 3. The van der Waals surface area contributed by atoms with Crippen molar-refractivity contribution >= 4 is 47.2 Å². The highest BCUT2D eigenvalue weighted by Gasteiger charge is 2.35. The van der Waals surface area contributed by atoms with Gasteiger partial charge in [0.2, 0.25) is 5.95 Å². The van der Waals surface area contributed by atoms with Crippen LogP contribution in [0.25, 0.3) is 11.4 Å². The third kappa shape index (κ3) is 6.79. The zero-order chi connectivity index (χ0) is 30.1. The largest absolute Gasteiger partial charge is 0.443 e. The summed E-state index contributed by atoms with van der Waals surface area (Å²) in [7, 11) is 0. The van der Waals surface area contributed by atoms with Gasteiger partial charge in [0.05, 0.1) is 33.2 Å². The lowest BCUT2D eigenvalue weighted by molar-refractivity contribution is 0.0427. The van der Waals surface area contributed by atoms with Gasteiger partial charge in [-0.05, 0) is 66.0 Å². The number of amides is 3. The quantitative estimate of drug-likeness (QED) is 0.306. The molecule has 13 heteroatoms. The predicted molar refractivity (Wildman–Crippen MR) is 154 cm³/mol. The van der Waals surface area contributed by atoms with Crippen molar-refractivity contribution < 1.29 is 28.2 Å². The molecule has 0 atom stereocenters. The van der Waals surface area contributed by atoms with Gasteiger partial charge in [-0.2, -0.15) is 0 Å². The van der Waals surface area contributed by atoms with Crippen molar-refractivity contribution in [2.24, 2.45) is 0 Å². The number of aromatic nitrogens is 3. The van der Waals surface area contributed by atoms with E-state index in [0.717, 1.165) is 0 Å². The molecule has 0 aliphatic carbocycles. The number of aromatic amines is 1. The molecule has 0 radical (unpaired) electrons. The number of nitrogens with zero attached hydrogens (tertiary/aromatic N) is 3. The Morgan fingerprint density at radius 2 is 1.73 bits per heavy atom. The number of carbonyl (C=O) groups is 3. The summed E-state index contributed by atoms with van der Waals surface area (Å²) in [5.74, 6) is -1.01. The van der Waals surface area contributed by atoms with Crippen LogP contribution in [0, 0.1) is 5.82 Å². The first-order chi connectivity index (χ1) is 19.2. The van der Waals surface area contributed by atoms with Crippen LogP contribution in [-0.4, -0.2) is 57.0 Å². The van der Waals surface area contributed by atoms with Crippen LogP contribution in [0.2, 0.25) is 0 Å². The summed E-state index contributed by atoms with van der Waals surface area (Å²) >= 11 is 1.22. The summed E-state index contributed by atoms with van der Waals surface area (Å²) in [6.45, 7) is 10.4. The minimum Gasteiger partial charge on any atom is -0.443 e. The van der Waals surface area contributed by atoms with Gasteiger partial charge >= 0.3 is 12.2 Å². The normalized spacial score (nSPS) is 13.2. The summed E-state index contributed by atoms with van der Waals surface area (Å²) in [4.78, 5) is 52.2. The van der Waals surface area contributed by atoms with Gasteiger partial charge in [0.25, 0.3) is 5.91 Å². The Morgan fingerprint density at radius 3 is 2.34 bits per heavy atom. The van der Waals surface area contributed by atoms with Crippen LogP contribution >= 0.6 is 11.8 Å². The van der Waals surface area contributed by atoms with Gasteiger partial charge in [0.15, 0.2) is 0 Å². The minimum absolute atomic E-state index is 0.263. The maximum absolute atomic E-state index is 14.6. The average molecular weight is 585 g/mol. The number of fused-ring (bicyclic) bond motifs is 1. The highest BCUT2D eigenvalue weighted by molar-refractivity contribution is 7.98. The van der Waals surface area contributed by atoms with Crippen LogP contribution in [-0.2, 0) is 15.9 Å².